The first-order valence-electron chi connectivity index (χ1n) is 9.36. The van der Waals surface area contributed by atoms with Crippen LogP contribution in [0.15, 0.2) is 53.4 Å². The van der Waals surface area contributed by atoms with E-state index in [0.29, 0.717) is 18.2 Å². The zero-order valence-electron chi connectivity index (χ0n) is 17.2. The number of anilines is 1. The van der Waals surface area contributed by atoms with Crippen molar-refractivity contribution in [3.05, 3.63) is 54.1 Å². The molecule has 0 atom stereocenters. The number of likely N-dealkylation sites (N-methyl/N-ethyl adjacent to an activating group) is 1. The highest BCUT2D eigenvalue weighted by atomic mass is 35.5. The summed E-state index contributed by atoms with van der Waals surface area (Å²) in [7, 11) is 0.362. The second-order valence-corrected chi connectivity index (χ2v) is 10.3. The van der Waals surface area contributed by atoms with Crippen molar-refractivity contribution >= 4 is 54.8 Å². The van der Waals surface area contributed by atoms with Gasteiger partial charge in [-0.1, -0.05) is 35.6 Å². The molecule has 3 rings (SSSR count). The normalized spacial score (nSPS) is 11.5. The molecule has 162 valence electrons. The van der Waals surface area contributed by atoms with Gasteiger partial charge in [-0.15, -0.1) is 12.4 Å². The molecule has 0 saturated carbocycles. The Morgan fingerprint density at radius 3 is 2.43 bits per heavy atom. The third-order valence-corrected chi connectivity index (χ3v) is 7.30. The van der Waals surface area contributed by atoms with Crippen LogP contribution in [0.25, 0.3) is 10.2 Å². The topological polar surface area (TPSA) is 70.6 Å². The third-order valence-electron chi connectivity index (χ3n) is 4.52. The van der Waals surface area contributed by atoms with Gasteiger partial charge in [0, 0.05) is 19.5 Å². The molecule has 0 unspecified atom stereocenters. The van der Waals surface area contributed by atoms with Gasteiger partial charge in [-0.2, -0.15) is 0 Å². The first-order valence-corrected chi connectivity index (χ1v) is 11.8. The Hall–Kier alpha value is -2.00. The quantitative estimate of drug-likeness (QED) is 0.504. The Morgan fingerprint density at radius 2 is 1.77 bits per heavy atom. The number of hydrogen-bond donors (Lipinski definition) is 0. The summed E-state index contributed by atoms with van der Waals surface area (Å²) in [5.41, 5.74) is 1.97. The lowest BCUT2D eigenvalue weighted by atomic mass is 10.2. The molecule has 0 spiro atoms. The van der Waals surface area contributed by atoms with Crippen molar-refractivity contribution in [3.63, 3.8) is 0 Å². The largest absolute Gasteiger partial charge is 0.308 e. The van der Waals surface area contributed by atoms with Crippen LogP contribution in [-0.2, 0) is 14.6 Å². The highest BCUT2D eigenvalue weighted by molar-refractivity contribution is 7.91. The molecule has 1 aromatic heterocycles. The van der Waals surface area contributed by atoms with E-state index in [4.69, 9.17) is 0 Å². The van der Waals surface area contributed by atoms with Crippen LogP contribution in [0.5, 0.6) is 0 Å². The molecule has 9 heteroatoms. The summed E-state index contributed by atoms with van der Waals surface area (Å²) >= 11 is 1.46. The second-order valence-electron chi connectivity index (χ2n) is 7.20. The van der Waals surface area contributed by atoms with Gasteiger partial charge in [0.05, 0.1) is 20.9 Å². The number of rotatable bonds is 8. The molecule has 0 aliphatic rings. The van der Waals surface area contributed by atoms with Gasteiger partial charge in [-0.3, -0.25) is 9.69 Å². The Bertz CT molecular complexity index is 1100. The van der Waals surface area contributed by atoms with Crippen molar-refractivity contribution in [2.45, 2.75) is 18.2 Å². The first kappa shape index (κ1) is 24.3. The molecule has 0 saturated heterocycles. The van der Waals surface area contributed by atoms with E-state index >= 15 is 0 Å². The fourth-order valence-electron chi connectivity index (χ4n) is 2.86. The molecule has 3 aromatic rings. The van der Waals surface area contributed by atoms with E-state index in [2.05, 4.69) is 4.98 Å². The SMILES string of the molecule is Cc1ccc2nc(N(CCN(C)C)C(=O)CCS(=O)(=O)c3ccccc3)sc2c1.Cl. The van der Waals surface area contributed by atoms with Crippen LogP contribution in [0.1, 0.15) is 12.0 Å². The number of fused-ring (bicyclic) bond motifs is 1. The number of halogens is 1. The predicted octanol–water partition coefficient (Wildman–Crippen LogP) is 3.79. The number of carbonyl (C=O) groups is 1. The van der Waals surface area contributed by atoms with Gasteiger partial charge in [0.1, 0.15) is 0 Å². The molecule has 0 radical (unpaired) electrons. The van der Waals surface area contributed by atoms with Crippen molar-refractivity contribution in [1.29, 1.82) is 0 Å². The smallest absolute Gasteiger partial charge is 0.229 e. The second kappa shape index (κ2) is 10.3. The summed E-state index contributed by atoms with van der Waals surface area (Å²) in [4.78, 5) is 21.4. The van der Waals surface area contributed by atoms with Crippen LogP contribution in [-0.4, -0.2) is 57.1 Å². The van der Waals surface area contributed by atoms with Gasteiger partial charge in [-0.25, -0.2) is 13.4 Å². The summed E-state index contributed by atoms with van der Waals surface area (Å²) in [5.74, 6) is -0.458. The Balaban J connectivity index is 0.00000320. The van der Waals surface area contributed by atoms with Crippen molar-refractivity contribution in [2.24, 2.45) is 0 Å². The fraction of sp³-hybridized carbons (Fsp3) is 0.333. The van der Waals surface area contributed by atoms with Crippen LogP contribution in [0.3, 0.4) is 0 Å². The van der Waals surface area contributed by atoms with Gasteiger partial charge in [-0.05, 0) is 50.8 Å². The molecular formula is C21H26ClN3O3S2. The molecule has 6 nitrogen and oxygen atoms in total. The highest BCUT2D eigenvalue weighted by Gasteiger charge is 2.23. The Morgan fingerprint density at radius 1 is 1.07 bits per heavy atom. The average molecular weight is 468 g/mol. The molecule has 0 bridgehead atoms. The number of aryl methyl sites for hydroxylation is 1. The Labute approximate surface area is 187 Å². The van der Waals surface area contributed by atoms with E-state index in [-0.39, 0.29) is 35.4 Å². The predicted molar refractivity (Wildman–Crippen MR) is 126 cm³/mol. The van der Waals surface area contributed by atoms with Crippen molar-refractivity contribution in [2.75, 3.05) is 37.8 Å². The highest BCUT2D eigenvalue weighted by Crippen LogP contribution is 2.30. The van der Waals surface area contributed by atoms with Crippen molar-refractivity contribution in [3.8, 4) is 0 Å². The number of benzene rings is 2. The number of carbonyl (C=O) groups excluding carboxylic acids is 1. The van der Waals surface area contributed by atoms with Gasteiger partial charge < -0.3 is 4.90 Å². The van der Waals surface area contributed by atoms with E-state index in [1.54, 1.807) is 35.2 Å². The molecule has 1 amide bonds. The van der Waals surface area contributed by atoms with Crippen LogP contribution in [0.4, 0.5) is 5.13 Å². The zero-order chi connectivity index (χ0) is 21.0. The number of amides is 1. The van der Waals surface area contributed by atoms with Gasteiger partial charge in [0.25, 0.3) is 0 Å². The van der Waals surface area contributed by atoms with Gasteiger partial charge >= 0.3 is 0 Å². The summed E-state index contributed by atoms with van der Waals surface area (Å²) in [6, 6.07) is 14.2. The molecule has 0 N–H and O–H groups in total. The monoisotopic (exact) mass is 467 g/mol. The molecule has 0 aliphatic carbocycles. The van der Waals surface area contributed by atoms with Crippen LogP contribution in [0.2, 0.25) is 0 Å². The number of aromatic nitrogens is 1. The maximum absolute atomic E-state index is 13.0. The van der Waals surface area contributed by atoms with Crippen LogP contribution < -0.4 is 4.90 Å². The number of hydrogen-bond acceptors (Lipinski definition) is 6. The van der Waals surface area contributed by atoms with Gasteiger partial charge in [0.2, 0.25) is 5.91 Å². The maximum atomic E-state index is 13.0. The minimum atomic E-state index is -3.51. The standard InChI is InChI=1S/C21H25N3O3S2.ClH/c1-16-9-10-18-19(15-16)28-21(22-18)24(13-12-23(2)3)20(25)11-14-29(26,27)17-7-5-4-6-8-17;/h4-10,15H,11-14H2,1-3H3;1H. The number of nitrogens with zero attached hydrogens (tertiary/aromatic N) is 3. The molecule has 0 fully saturated rings. The molecule has 1 heterocycles. The molecular weight excluding hydrogens is 442 g/mol. The van der Waals surface area contributed by atoms with E-state index in [9.17, 15) is 13.2 Å². The minimum Gasteiger partial charge on any atom is -0.308 e. The summed E-state index contributed by atoms with van der Waals surface area (Å²) in [5, 5.41) is 0.606. The van der Waals surface area contributed by atoms with Crippen molar-refractivity contribution < 1.29 is 13.2 Å². The summed E-state index contributed by atoms with van der Waals surface area (Å²) in [6.45, 7) is 3.13. The molecule has 30 heavy (non-hydrogen) atoms. The van der Waals surface area contributed by atoms with Crippen molar-refractivity contribution in [1.82, 2.24) is 9.88 Å². The average Bonchev–Trinajstić information content (AvgIpc) is 3.09. The fourth-order valence-corrected chi connectivity index (χ4v) is 5.22. The number of thiazole rings is 1. The molecule has 2 aromatic carbocycles. The lowest BCUT2D eigenvalue weighted by Gasteiger charge is -2.22. The zero-order valence-corrected chi connectivity index (χ0v) is 19.7. The summed E-state index contributed by atoms with van der Waals surface area (Å²) in [6.07, 6.45) is -0.0837. The lowest BCUT2D eigenvalue weighted by molar-refractivity contribution is -0.118. The molecule has 0 aliphatic heterocycles. The Kier molecular flexibility index (Phi) is 8.37. The third kappa shape index (κ3) is 6.01. The van der Waals surface area contributed by atoms with Crippen LogP contribution in [0, 0.1) is 6.92 Å². The lowest BCUT2D eigenvalue weighted by Crippen LogP contribution is -2.37. The maximum Gasteiger partial charge on any atom is 0.229 e. The van der Waals surface area contributed by atoms with Crippen LogP contribution >= 0.6 is 23.7 Å². The van der Waals surface area contributed by atoms with E-state index in [1.807, 2.05) is 44.1 Å². The minimum absolute atomic E-state index is 0. The van der Waals surface area contributed by atoms with E-state index in [1.165, 1.54) is 11.3 Å². The number of sulfone groups is 1. The summed E-state index contributed by atoms with van der Waals surface area (Å²) < 4.78 is 26.1. The van der Waals surface area contributed by atoms with E-state index in [0.717, 1.165) is 15.8 Å². The van der Waals surface area contributed by atoms with Gasteiger partial charge in [0.15, 0.2) is 15.0 Å². The first-order chi connectivity index (χ1) is 13.8. The van der Waals surface area contributed by atoms with E-state index < -0.39 is 9.84 Å².